The Balaban J connectivity index is 1.47. The number of ketones is 2. The molecule has 1 amide bonds. The van der Waals surface area contributed by atoms with Gasteiger partial charge in [0, 0.05) is 28.7 Å². The zero-order chi connectivity index (χ0) is 27.5. The summed E-state index contributed by atoms with van der Waals surface area (Å²) < 4.78 is 0. The molecule has 0 saturated heterocycles. The summed E-state index contributed by atoms with van der Waals surface area (Å²) in [7, 11) is 0. The Hall–Kier alpha value is -2.22. The summed E-state index contributed by atoms with van der Waals surface area (Å²) in [4.78, 5) is 40.5. The molecule has 5 nitrogen and oxygen atoms in total. The van der Waals surface area contributed by atoms with Gasteiger partial charge in [-0.05, 0) is 91.9 Å². The number of nitriles is 1. The van der Waals surface area contributed by atoms with Crippen LogP contribution in [-0.2, 0) is 14.4 Å². The summed E-state index contributed by atoms with van der Waals surface area (Å²) in [6.07, 6.45) is 12.5. The first-order valence-corrected chi connectivity index (χ1v) is 15.0. The summed E-state index contributed by atoms with van der Waals surface area (Å²) in [6.45, 7) is 13.5. The average Bonchev–Trinajstić information content (AvgIpc) is 3.69. The third-order valence-electron chi connectivity index (χ3n) is 12.8. The maximum absolute atomic E-state index is 14.4. The van der Waals surface area contributed by atoms with Crippen LogP contribution >= 0.6 is 0 Å². The molecule has 0 heterocycles. The van der Waals surface area contributed by atoms with Crippen LogP contribution in [0.25, 0.3) is 0 Å². The zero-order valence-corrected chi connectivity index (χ0v) is 24.1. The first-order chi connectivity index (χ1) is 17.7. The molecule has 6 aliphatic rings. The van der Waals surface area contributed by atoms with Crippen LogP contribution < -0.4 is 5.32 Å². The lowest BCUT2D eigenvalue weighted by molar-refractivity contribution is -0.162. The van der Waals surface area contributed by atoms with Gasteiger partial charge in [-0.2, -0.15) is 5.26 Å². The summed E-state index contributed by atoms with van der Waals surface area (Å²) in [6, 6.07) is 2.17. The number of fused-ring (bicyclic) bond motifs is 7. The van der Waals surface area contributed by atoms with Gasteiger partial charge in [-0.3, -0.25) is 14.4 Å². The molecule has 0 radical (unpaired) electrons. The normalized spacial score (nSPS) is 47.3. The van der Waals surface area contributed by atoms with E-state index in [0.717, 1.165) is 63.4 Å². The Morgan fingerprint density at radius 3 is 2.32 bits per heavy atom. The minimum Gasteiger partial charge on any atom is -0.350 e. The molecule has 1 N–H and O–H groups in total. The summed E-state index contributed by atoms with van der Waals surface area (Å²) in [5.74, 6) is 0.381. The van der Waals surface area contributed by atoms with E-state index in [1.165, 1.54) is 0 Å². The number of Topliss-reactive ketones (excluding diaryl/α,β-unsaturated/α-hetero) is 1. The zero-order valence-electron chi connectivity index (χ0n) is 24.1. The fourth-order valence-corrected chi connectivity index (χ4v) is 10.2. The second kappa shape index (κ2) is 7.92. The van der Waals surface area contributed by atoms with Crippen LogP contribution in [0.15, 0.2) is 23.3 Å². The van der Waals surface area contributed by atoms with Crippen molar-refractivity contribution in [3.05, 3.63) is 23.3 Å². The fourth-order valence-electron chi connectivity index (χ4n) is 10.2. The number of amides is 1. The van der Waals surface area contributed by atoms with Crippen molar-refractivity contribution in [2.24, 2.45) is 51.2 Å². The third kappa shape index (κ3) is 3.31. The van der Waals surface area contributed by atoms with Gasteiger partial charge in [-0.1, -0.05) is 53.2 Å². The molecule has 5 heteroatoms. The highest BCUT2D eigenvalue weighted by atomic mass is 16.2. The van der Waals surface area contributed by atoms with Gasteiger partial charge in [0.25, 0.3) is 0 Å². The minimum absolute atomic E-state index is 0.0521. The highest BCUT2D eigenvalue weighted by molar-refractivity contribution is 6.02. The molecule has 0 aliphatic heterocycles. The van der Waals surface area contributed by atoms with E-state index in [9.17, 15) is 19.6 Å². The quantitative estimate of drug-likeness (QED) is 0.481. The van der Waals surface area contributed by atoms with Gasteiger partial charge in [0.2, 0.25) is 5.91 Å². The van der Waals surface area contributed by atoms with Crippen molar-refractivity contribution >= 4 is 17.5 Å². The Bertz CT molecular complexity index is 1230. The summed E-state index contributed by atoms with van der Waals surface area (Å²) >= 11 is 0. The molecule has 4 fully saturated rings. The highest BCUT2D eigenvalue weighted by Crippen LogP contribution is 2.72. The highest BCUT2D eigenvalue weighted by Gasteiger charge is 2.69. The number of hydrogen-bond acceptors (Lipinski definition) is 4. The van der Waals surface area contributed by atoms with Gasteiger partial charge in [0.15, 0.2) is 11.6 Å². The second-order valence-corrected chi connectivity index (χ2v) is 15.3. The van der Waals surface area contributed by atoms with Crippen LogP contribution in [0.5, 0.6) is 0 Å². The van der Waals surface area contributed by atoms with Crippen LogP contribution in [0.1, 0.15) is 99.3 Å². The average molecular weight is 517 g/mol. The van der Waals surface area contributed by atoms with Crippen molar-refractivity contribution < 1.29 is 14.4 Å². The van der Waals surface area contributed by atoms with Crippen LogP contribution in [0.4, 0.5) is 0 Å². The van der Waals surface area contributed by atoms with Gasteiger partial charge in [-0.15, -0.1) is 0 Å². The van der Waals surface area contributed by atoms with Crippen molar-refractivity contribution in [2.75, 3.05) is 0 Å². The molecular formula is C33H44N2O3. The van der Waals surface area contributed by atoms with E-state index >= 15 is 0 Å². The van der Waals surface area contributed by atoms with E-state index in [1.54, 1.807) is 0 Å². The molecule has 8 atom stereocenters. The van der Waals surface area contributed by atoms with Crippen molar-refractivity contribution in [1.82, 2.24) is 5.32 Å². The van der Waals surface area contributed by atoms with E-state index in [2.05, 4.69) is 46.0 Å². The molecule has 6 rings (SSSR count). The Morgan fingerprint density at radius 2 is 1.66 bits per heavy atom. The lowest BCUT2D eigenvalue weighted by atomic mass is 9.36. The van der Waals surface area contributed by atoms with E-state index in [0.29, 0.717) is 0 Å². The van der Waals surface area contributed by atoms with Crippen molar-refractivity contribution in [2.45, 2.75) is 105 Å². The molecule has 0 unspecified atom stereocenters. The standard InChI is InChI=1S/C33H44N2O3/c1-19-22-9-10-31(5)25(30(22,4)16-21(18-34)27(19)37)15-24(36)26-23-17-29(2,3)11-13-33(23,14-12-32(26,31)6)35-28(38)20-7-8-20/h15-16,19-20,22-23,26H,7-14,17H2,1-6H3,(H,35,38)/t19-,22-,23-,26-,30-,31+,32+,33-/m0/s1. The molecule has 0 aromatic carbocycles. The van der Waals surface area contributed by atoms with Gasteiger partial charge in [0.05, 0.1) is 5.57 Å². The molecule has 204 valence electrons. The fraction of sp³-hybridized carbons (Fsp3) is 0.758. The van der Waals surface area contributed by atoms with Crippen molar-refractivity contribution in [1.29, 1.82) is 5.26 Å². The van der Waals surface area contributed by atoms with E-state index in [4.69, 9.17) is 0 Å². The van der Waals surface area contributed by atoms with Gasteiger partial charge in [0.1, 0.15) is 6.07 Å². The molecule has 0 aromatic rings. The largest absolute Gasteiger partial charge is 0.350 e. The summed E-state index contributed by atoms with van der Waals surface area (Å²) in [5, 5.41) is 13.4. The molecule has 4 saturated carbocycles. The van der Waals surface area contributed by atoms with Crippen LogP contribution in [0.3, 0.4) is 0 Å². The number of hydrogen-bond donors (Lipinski definition) is 1. The van der Waals surface area contributed by atoms with Gasteiger partial charge in [-0.25, -0.2) is 0 Å². The number of carbonyl (C=O) groups is 3. The van der Waals surface area contributed by atoms with E-state index in [1.807, 2.05) is 19.1 Å². The first-order valence-electron chi connectivity index (χ1n) is 15.0. The molecular weight excluding hydrogens is 472 g/mol. The number of nitrogens with zero attached hydrogens (tertiary/aromatic N) is 1. The summed E-state index contributed by atoms with van der Waals surface area (Å²) in [5.41, 5.74) is 0.311. The lowest BCUT2D eigenvalue weighted by Gasteiger charge is -2.68. The minimum atomic E-state index is -0.477. The first kappa shape index (κ1) is 26.0. The lowest BCUT2D eigenvalue weighted by Crippen LogP contribution is -2.69. The topological polar surface area (TPSA) is 87.0 Å². The van der Waals surface area contributed by atoms with Crippen LogP contribution in [0.2, 0.25) is 0 Å². The van der Waals surface area contributed by atoms with Gasteiger partial charge >= 0.3 is 0 Å². The predicted octanol–water partition coefficient (Wildman–Crippen LogP) is 6.09. The van der Waals surface area contributed by atoms with Crippen LogP contribution in [-0.4, -0.2) is 23.0 Å². The molecule has 0 bridgehead atoms. The van der Waals surface area contributed by atoms with E-state index < -0.39 is 5.41 Å². The number of carbonyl (C=O) groups excluding carboxylic acids is 3. The number of rotatable bonds is 2. The number of nitrogens with one attached hydrogen (secondary N) is 1. The third-order valence-corrected chi connectivity index (χ3v) is 12.8. The molecule has 0 aromatic heterocycles. The van der Waals surface area contributed by atoms with Gasteiger partial charge < -0.3 is 5.32 Å². The van der Waals surface area contributed by atoms with E-state index in [-0.39, 0.29) is 74.4 Å². The molecule has 0 spiro atoms. The smallest absolute Gasteiger partial charge is 0.223 e. The second-order valence-electron chi connectivity index (χ2n) is 15.3. The SMILES string of the molecule is C[C@@H]1C(=O)C(C#N)=C[C@]2(C)C3=CC(=O)[C@@H]4[C@@H]5CC(C)(C)CC[C@]5(NC(=O)C5CC5)CC[C@@]4(C)[C@]3(C)CC[C@@H]12. The predicted molar refractivity (Wildman–Crippen MR) is 145 cm³/mol. The Kier molecular flexibility index (Phi) is 5.43. The Morgan fingerprint density at radius 1 is 0.974 bits per heavy atom. The maximum atomic E-state index is 14.4. The monoisotopic (exact) mass is 516 g/mol. The molecule has 38 heavy (non-hydrogen) atoms. The maximum Gasteiger partial charge on any atom is 0.223 e. The molecule has 6 aliphatic carbocycles. The van der Waals surface area contributed by atoms with Crippen molar-refractivity contribution in [3.8, 4) is 6.07 Å². The number of allylic oxidation sites excluding steroid dienone is 4. The Labute approximate surface area is 227 Å². The van der Waals surface area contributed by atoms with Crippen molar-refractivity contribution in [3.63, 3.8) is 0 Å². The van der Waals surface area contributed by atoms with Crippen LogP contribution in [0, 0.1) is 62.6 Å².